The Morgan fingerprint density at radius 3 is 2.67 bits per heavy atom. The predicted octanol–water partition coefficient (Wildman–Crippen LogP) is 4.26. The molecule has 106 valence electrons. The van der Waals surface area contributed by atoms with Gasteiger partial charge in [-0.25, -0.2) is 4.98 Å². The number of ether oxygens (including phenoxy) is 1. The molecule has 1 aromatic carbocycles. The summed E-state index contributed by atoms with van der Waals surface area (Å²) >= 11 is 6.08. The summed E-state index contributed by atoms with van der Waals surface area (Å²) in [6.07, 6.45) is 5.90. The molecule has 0 bridgehead atoms. The maximum atomic E-state index is 6.08. The summed E-state index contributed by atoms with van der Waals surface area (Å²) in [6.45, 7) is 0.775. The molecule has 3 nitrogen and oxygen atoms in total. The van der Waals surface area contributed by atoms with Crippen molar-refractivity contribution >= 4 is 11.6 Å². The molecule has 0 aliphatic carbocycles. The van der Waals surface area contributed by atoms with Crippen LogP contribution in [0.2, 0.25) is 5.02 Å². The summed E-state index contributed by atoms with van der Waals surface area (Å²) in [5.74, 6) is 0.605. The van der Waals surface area contributed by atoms with Gasteiger partial charge in [0, 0.05) is 35.7 Å². The van der Waals surface area contributed by atoms with Crippen LogP contribution in [-0.4, -0.2) is 16.7 Å². The van der Waals surface area contributed by atoms with Crippen molar-refractivity contribution in [1.29, 1.82) is 0 Å². The molecule has 0 aliphatic rings. The second-order valence-electron chi connectivity index (χ2n) is 4.77. The monoisotopic (exact) mass is 298 g/mol. The molecule has 0 aliphatic heterocycles. The fourth-order valence-electron chi connectivity index (χ4n) is 2.29. The Labute approximate surface area is 128 Å². The van der Waals surface area contributed by atoms with Crippen LogP contribution in [0.25, 0.3) is 11.1 Å². The van der Waals surface area contributed by atoms with E-state index in [1.807, 2.05) is 55.0 Å². The van der Waals surface area contributed by atoms with Gasteiger partial charge in [-0.2, -0.15) is 0 Å². The maximum absolute atomic E-state index is 6.08. The van der Waals surface area contributed by atoms with Crippen LogP contribution in [0.3, 0.4) is 0 Å². The first kappa shape index (κ1) is 13.7. The normalized spacial score (nSPS) is 10.6. The molecule has 3 aromatic rings. The summed E-state index contributed by atoms with van der Waals surface area (Å²) in [5, 5.41) is 0.699. The highest BCUT2D eigenvalue weighted by Gasteiger charge is 2.09. The van der Waals surface area contributed by atoms with Crippen LogP contribution in [0.15, 0.2) is 61.1 Å². The van der Waals surface area contributed by atoms with Crippen molar-refractivity contribution in [2.75, 3.05) is 7.11 Å². The third kappa shape index (κ3) is 3.09. The maximum Gasteiger partial charge on any atom is 0.221 e. The Morgan fingerprint density at radius 1 is 1.14 bits per heavy atom. The average Bonchev–Trinajstić information content (AvgIpc) is 3.00. The molecule has 0 spiro atoms. The first-order valence-corrected chi connectivity index (χ1v) is 7.03. The van der Waals surface area contributed by atoms with Gasteiger partial charge in [0.25, 0.3) is 0 Å². The minimum atomic E-state index is 0.605. The molecule has 0 radical (unpaired) electrons. The number of halogens is 1. The number of benzene rings is 1. The van der Waals surface area contributed by atoms with Gasteiger partial charge in [-0.15, -0.1) is 0 Å². The van der Waals surface area contributed by atoms with E-state index >= 15 is 0 Å². The molecular weight excluding hydrogens is 284 g/mol. The molecule has 21 heavy (non-hydrogen) atoms. The number of hydrogen-bond acceptors (Lipinski definition) is 2. The number of pyridine rings is 1. The zero-order valence-corrected chi connectivity index (χ0v) is 12.4. The van der Waals surface area contributed by atoms with E-state index in [2.05, 4.69) is 15.6 Å². The molecule has 0 unspecified atom stereocenters. The predicted molar refractivity (Wildman–Crippen MR) is 84.8 cm³/mol. The number of rotatable bonds is 4. The van der Waals surface area contributed by atoms with Crippen LogP contribution in [0, 0.1) is 0 Å². The number of methoxy groups -OCH3 is 1. The van der Waals surface area contributed by atoms with Crippen molar-refractivity contribution in [3.8, 4) is 17.0 Å². The van der Waals surface area contributed by atoms with Crippen molar-refractivity contribution in [2.45, 2.75) is 6.54 Å². The summed E-state index contributed by atoms with van der Waals surface area (Å²) in [7, 11) is 1.63. The van der Waals surface area contributed by atoms with E-state index in [1.165, 1.54) is 0 Å². The molecule has 0 amide bonds. The summed E-state index contributed by atoms with van der Waals surface area (Å²) < 4.78 is 7.47. The zero-order chi connectivity index (χ0) is 14.7. The molecule has 4 heteroatoms. The average molecular weight is 299 g/mol. The minimum absolute atomic E-state index is 0.605. The minimum Gasteiger partial charge on any atom is -0.481 e. The zero-order valence-electron chi connectivity index (χ0n) is 11.7. The Balaban J connectivity index is 2.01. The molecule has 0 saturated heterocycles. The standard InChI is InChI=1S/C17H15ClN2O/c1-21-17-16(14-5-4-6-15(18)10-14)9-13(11-19-17)12-20-7-2-3-8-20/h2-11H,12H2,1H3. The highest BCUT2D eigenvalue weighted by molar-refractivity contribution is 6.30. The SMILES string of the molecule is COc1ncc(Cn2cccc2)cc1-c1cccc(Cl)c1. The topological polar surface area (TPSA) is 27.1 Å². The van der Waals surface area contributed by atoms with Gasteiger partial charge in [0.15, 0.2) is 0 Å². The van der Waals surface area contributed by atoms with Gasteiger partial charge in [-0.3, -0.25) is 0 Å². The van der Waals surface area contributed by atoms with Gasteiger partial charge in [-0.05, 0) is 41.5 Å². The summed E-state index contributed by atoms with van der Waals surface area (Å²) in [6, 6.07) is 13.8. The smallest absolute Gasteiger partial charge is 0.221 e. The Kier molecular flexibility index (Phi) is 3.93. The molecule has 0 saturated carbocycles. The number of nitrogens with zero attached hydrogens (tertiary/aromatic N) is 2. The first-order chi connectivity index (χ1) is 10.3. The van der Waals surface area contributed by atoms with E-state index in [0.29, 0.717) is 10.9 Å². The Morgan fingerprint density at radius 2 is 1.95 bits per heavy atom. The Bertz CT molecular complexity index is 738. The second-order valence-corrected chi connectivity index (χ2v) is 5.20. The van der Waals surface area contributed by atoms with Crippen molar-refractivity contribution < 1.29 is 4.74 Å². The van der Waals surface area contributed by atoms with Gasteiger partial charge < -0.3 is 9.30 Å². The molecule has 0 N–H and O–H groups in total. The molecule has 3 rings (SSSR count). The third-order valence-corrected chi connectivity index (χ3v) is 3.50. The largest absolute Gasteiger partial charge is 0.481 e. The van der Waals surface area contributed by atoms with Crippen LogP contribution in [0.5, 0.6) is 5.88 Å². The van der Waals surface area contributed by atoms with Crippen LogP contribution >= 0.6 is 11.6 Å². The Hall–Kier alpha value is -2.26. The highest BCUT2D eigenvalue weighted by Crippen LogP contribution is 2.30. The second kappa shape index (κ2) is 6.02. The lowest BCUT2D eigenvalue weighted by molar-refractivity contribution is 0.399. The number of aromatic nitrogens is 2. The summed E-state index contributed by atoms with van der Waals surface area (Å²) in [4.78, 5) is 4.41. The lowest BCUT2D eigenvalue weighted by atomic mass is 10.1. The van der Waals surface area contributed by atoms with Crippen LogP contribution in [0.1, 0.15) is 5.56 Å². The highest BCUT2D eigenvalue weighted by atomic mass is 35.5. The van der Waals surface area contributed by atoms with Gasteiger partial charge in [0.1, 0.15) is 0 Å². The lowest BCUT2D eigenvalue weighted by Crippen LogP contribution is -1.99. The molecule has 2 heterocycles. The molecule has 2 aromatic heterocycles. The third-order valence-electron chi connectivity index (χ3n) is 3.27. The lowest BCUT2D eigenvalue weighted by Gasteiger charge is -2.11. The first-order valence-electron chi connectivity index (χ1n) is 6.66. The number of hydrogen-bond donors (Lipinski definition) is 0. The van der Waals surface area contributed by atoms with E-state index in [-0.39, 0.29) is 0 Å². The summed E-state index contributed by atoms with van der Waals surface area (Å²) in [5.41, 5.74) is 3.06. The van der Waals surface area contributed by atoms with Crippen molar-refractivity contribution in [3.63, 3.8) is 0 Å². The van der Waals surface area contributed by atoms with Crippen molar-refractivity contribution in [2.24, 2.45) is 0 Å². The van der Waals surface area contributed by atoms with Crippen molar-refractivity contribution in [3.05, 3.63) is 71.6 Å². The molecular formula is C17H15ClN2O. The van der Waals surface area contributed by atoms with E-state index in [4.69, 9.17) is 16.3 Å². The van der Waals surface area contributed by atoms with E-state index < -0.39 is 0 Å². The van der Waals surface area contributed by atoms with E-state index in [9.17, 15) is 0 Å². The fourth-order valence-corrected chi connectivity index (χ4v) is 2.48. The molecule has 0 fully saturated rings. The van der Waals surface area contributed by atoms with Crippen LogP contribution in [0.4, 0.5) is 0 Å². The van der Waals surface area contributed by atoms with Gasteiger partial charge in [-0.1, -0.05) is 23.7 Å². The van der Waals surface area contributed by atoms with Gasteiger partial charge in [0.2, 0.25) is 5.88 Å². The van der Waals surface area contributed by atoms with Crippen LogP contribution < -0.4 is 4.74 Å². The fraction of sp³-hybridized carbons (Fsp3) is 0.118. The molecule has 0 atom stereocenters. The van der Waals surface area contributed by atoms with E-state index in [0.717, 1.165) is 23.2 Å². The van der Waals surface area contributed by atoms with Gasteiger partial charge in [0.05, 0.1) is 7.11 Å². The van der Waals surface area contributed by atoms with E-state index in [1.54, 1.807) is 7.11 Å². The van der Waals surface area contributed by atoms with Crippen molar-refractivity contribution in [1.82, 2.24) is 9.55 Å². The quantitative estimate of drug-likeness (QED) is 0.719. The van der Waals surface area contributed by atoms with Crippen LogP contribution in [-0.2, 0) is 6.54 Å². The van der Waals surface area contributed by atoms with Gasteiger partial charge >= 0.3 is 0 Å².